The molecule has 5 heteroatoms. The summed E-state index contributed by atoms with van der Waals surface area (Å²) >= 11 is 0. The summed E-state index contributed by atoms with van der Waals surface area (Å²) in [5, 5.41) is 3.25. The van der Waals surface area contributed by atoms with Crippen LogP contribution in [0, 0.1) is 12.8 Å². The van der Waals surface area contributed by atoms with Crippen LogP contribution in [0.3, 0.4) is 0 Å². The van der Waals surface area contributed by atoms with E-state index in [4.69, 9.17) is 4.74 Å². The smallest absolute Gasteiger partial charge is 0.246 e. The zero-order chi connectivity index (χ0) is 21.3. The highest BCUT2D eigenvalue weighted by atomic mass is 16.5. The Morgan fingerprint density at radius 1 is 1.17 bits per heavy atom. The number of fused-ring (bicyclic) bond motifs is 1. The summed E-state index contributed by atoms with van der Waals surface area (Å²) < 4.78 is 6.54. The largest absolute Gasteiger partial charge is 0.359 e. The van der Waals surface area contributed by atoms with E-state index in [0.717, 1.165) is 31.2 Å². The Bertz CT molecular complexity index is 894. The van der Waals surface area contributed by atoms with Gasteiger partial charge in [0.2, 0.25) is 11.8 Å². The maximum atomic E-state index is 13.9. The lowest BCUT2D eigenvalue weighted by atomic mass is 9.72. The van der Waals surface area contributed by atoms with Crippen molar-refractivity contribution in [2.75, 3.05) is 0 Å². The lowest BCUT2D eigenvalue weighted by Crippen LogP contribution is -2.60. The normalized spacial score (nSPS) is 35.3. The van der Waals surface area contributed by atoms with Crippen LogP contribution in [0.5, 0.6) is 0 Å². The number of amides is 2. The molecule has 2 amide bonds. The SMILES string of the molecule is Cc1ccc([C@@H]2[C@H]3C(=O)N(C(C)(C)C)[C@H](C(=O)NC4CCCC4)[C@]34C=C[C@H]2O4)cc1. The van der Waals surface area contributed by atoms with Crippen molar-refractivity contribution >= 4 is 11.8 Å². The molecule has 2 saturated heterocycles. The summed E-state index contributed by atoms with van der Waals surface area (Å²) in [4.78, 5) is 29.3. The van der Waals surface area contributed by atoms with Gasteiger partial charge in [-0.05, 0) is 46.1 Å². The van der Waals surface area contributed by atoms with Crippen LogP contribution in [0.2, 0.25) is 0 Å². The molecule has 1 aromatic carbocycles. The molecule has 1 spiro atoms. The van der Waals surface area contributed by atoms with Crippen molar-refractivity contribution in [1.82, 2.24) is 10.2 Å². The molecule has 30 heavy (non-hydrogen) atoms. The van der Waals surface area contributed by atoms with E-state index in [1.165, 1.54) is 5.56 Å². The molecule has 1 aromatic rings. The van der Waals surface area contributed by atoms with Gasteiger partial charge in [-0.15, -0.1) is 0 Å². The predicted octanol–water partition coefficient (Wildman–Crippen LogP) is 3.47. The Balaban J connectivity index is 1.56. The van der Waals surface area contributed by atoms with E-state index >= 15 is 0 Å². The van der Waals surface area contributed by atoms with Gasteiger partial charge in [0.05, 0.1) is 12.0 Å². The molecule has 5 rings (SSSR count). The molecule has 2 bridgehead atoms. The average molecular weight is 409 g/mol. The van der Waals surface area contributed by atoms with Crippen molar-refractivity contribution in [3.63, 3.8) is 0 Å². The van der Waals surface area contributed by atoms with Crippen molar-refractivity contribution in [2.24, 2.45) is 5.92 Å². The third-order valence-corrected chi connectivity index (χ3v) is 7.41. The summed E-state index contributed by atoms with van der Waals surface area (Å²) in [5.74, 6) is -0.458. The standard InChI is InChI=1S/C25H32N2O3/c1-15-9-11-16(12-10-15)19-18-13-14-25(30-18)20(19)23(29)27(24(2,3)4)21(25)22(28)26-17-7-5-6-8-17/h9-14,17-21H,5-8H2,1-4H3,(H,26,28)/t18-,19+,20+,21-,25+/m1/s1. The van der Waals surface area contributed by atoms with Gasteiger partial charge in [0, 0.05) is 17.5 Å². The van der Waals surface area contributed by atoms with Crippen molar-refractivity contribution in [3.05, 3.63) is 47.5 Å². The Morgan fingerprint density at radius 2 is 1.83 bits per heavy atom. The first-order chi connectivity index (χ1) is 14.2. The molecule has 0 radical (unpaired) electrons. The molecule has 160 valence electrons. The van der Waals surface area contributed by atoms with Gasteiger partial charge in [0.1, 0.15) is 11.6 Å². The lowest BCUT2D eigenvalue weighted by Gasteiger charge is -2.40. The third kappa shape index (κ3) is 2.78. The van der Waals surface area contributed by atoms with Crippen LogP contribution in [-0.4, -0.2) is 46.0 Å². The van der Waals surface area contributed by atoms with Crippen molar-refractivity contribution in [2.45, 2.75) is 88.6 Å². The van der Waals surface area contributed by atoms with Gasteiger partial charge < -0.3 is 15.0 Å². The van der Waals surface area contributed by atoms with Gasteiger partial charge in [-0.3, -0.25) is 9.59 Å². The van der Waals surface area contributed by atoms with E-state index < -0.39 is 17.2 Å². The van der Waals surface area contributed by atoms with E-state index in [9.17, 15) is 9.59 Å². The Morgan fingerprint density at radius 3 is 2.47 bits per heavy atom. The Labute approximate surface area is 178 Å². The highest BCUT2D eigenvalue weighted by Gasteiger charge is 2.72. The van der Waals surface area contributed by atoms with E-state index in [1.807, 2.05) is 26.8 Å². The van der Waals surface area contributed by atoms with Crippen LogP contribution < -0.4 is 5.32 Å². The molecule has 1 N–H and O–H groups in total. The number of likely N-dealkylation sites (tertiary alicyclic amines) is 1. The van der Waals surface area contributed by atoms with Crippen LogP contribution in [-0.2, 0) is 14.3 Å². The number of hydrogen-bond acceptors (Lipinski definition) is 3. The van der Waals surface area contributed by atoms with Gasteiger partial charge in [-0.2, -0.15) is 0 Å². The number of hydrogen-bond donors (Lipinski definition) is 1. The Kier molecular flexibility index (Phi) is 4.41. The number of rotatable bonds is 3. The molecule has 1 aliphatic carbocycles. The number of aryl methyl sites for hydroxylation is 1. The summed E-state index contributed by atoms with van der Waals surface area (Å²) in [6, 6.07) is 7.96. The van der Waals surface area contributed by atoms with Crippen molar-refractivity contribution < 1.29 is 14.3 Å². The van der Waals surface area contributed by atoms with Crippen LogP contribution in [0.25, 0.3) is 0 Å². The highest BCUT2D eigenvalue weighted by Crippen LogP contribution is 2.59. The fourth-order valence-corrected chi connectivity index (χ4v) is 6.11. The first-order valence-electron chi connectivity index (χ1n) is 11.3. The second-order valence-electron chi connectivity index (χ2n) is 10.5. The average Bonchev–Trinajstić information content (AvgIpc) is 3.43. The summed E-state index contributed by atoms with van der Waals surface area (Å²) in [5.41, 5.74) is 0.950. The van der Waals surface area contributed by atoms with Gasteiger partial charge in [0.15, 0.2) is 0 Å². The summed E-state index contributed by atoms with van der Waals surface area (Å²) in [6.07, 6.45) is 8.25. The Hall–Kier alpha value is -2.14. The minimum absolute atomic E-state index is 0.0338. The number of carbonyl (C=O) groups excluding carboxylic acids is 2. The maximum Gasteiger partial charge on any atom is 0.246 e. The number of ether oxygens (including phenoxy) is 1. The molecule has 1 saturated carbocycles. The first-order valence-corrected chi connectivity index (χ1v) is 11.3. The second-order valence-corrected chi connectivity index (χ2v) is 10.5. The molecule has 0 aromatic heterocycles. The molecule has 0 unspecified atom stereocenters. The molecule has 3 heterocycles. The van der Waals surface area contributed by atoms with Crippen LogP contribution in [0.4, 0.5) is 0 Å². The second kappa shape index (κ2) is 6.68. The monoisotopic (exact) mass is 408 g/mol. The molecular weight excluding hydrogens is 376 g/mol. The van der Waals surface area contributed by atoms with E-state index in [1.54, 1.807) is 4.90 Å². The van der Waals surface area contributed by atoms with Gasteiger partial charge in [-0.25, -0.2) is 0 Å². The van der Waals surface area contributed by atoms with E-state index in [0.29, 0.717) is 0 Å². The van der Waals surface area contributed by atoms with Crippen molar-refractivity contribution in [3.8, 4) is 0 Å². The zero-order valence-electron chi connectivity index (χ0n) is 18.4. The van der Waals surface area contributed by atoms with Crippen LogP contribution >= 0.6 is 0 Å². The molecule has 5 nitrogen and oxygen atoms in total. The number of benzene rings is 1. The van der Waals surface area contributed by atoms with Gasteiger partial charge in [-0.1, -0.05) is 54.8 Å². The molecule has 4 aliphatic rings. The number of nitrogens with zero attached hydrogens (tertiary/aromatic N) is 1. The molecule has 3 aliphatic heterocycles. The van der Waals surface area contributed by atoms with Gasteiger partial charge >= 0.3 is 0 Å². The maximum absolute atomic E-state index is 13.9. The lowest BCUT2D eigenvalue weighted by molar-refractivity contribution is -0.145. The molecule has 5 atom stereocenters. The topological polar surface area (TPSA) is 58.6 Å². The molecule has 3 fully saturated rings. The third-order valence-electron chi connectivity index (χ3n) is 7.41. The number of nitrogens with one attached hydrogen (secondary N) is 1. The summed E-state index contributed by atoms with van der Waals surface area (Å²) in [6.45, 7) is 8.09. The first kappa shape index (κ1) is 19.8. The van der Waals surface area contributed by atoms with Crippen molar-refractivity contribution in [1.29, 1.82) is 0 Å². The fourth-order valence-electron chi connectivity index (χ4n) is 6.11. The highest BCUT2D eigenvalue weighted by molar-refractivity contribution is 5.97. The molecular formula is C25H32N2O3. The minimum Gasteiger partial charge on any atom is -0.359 e. The van der Waals surface area contributed by atoms with Crippen LogP contribution in [0.15, 0.2) is 36.4 Å². The van der Waals surface area contributed by atoms with E-state index in [-0.39, 0.29) is 35.8 Å². The quantitative estimate of drug-likeness (QED) is 0.779. The fraction of sp³-hybridized carbons (Fsp3) is 0.600. The van der Waals surface area contributed by atoms with Gasteiger partial charge in [0.25, 0.3) is 0 Å². The number of carbonyl (C=O) groups is 2. The predicted molar refractivity (Wildman–Crippen MR) is 115 cm³/mol. The minimum atomic E-state index is -0.882. The van der Waals surface area contributed by atoms with E-state index in [2.05, 4.69) is 42.6 Å². The zero-order valence-corrected chi connectivity index (χ0v) is 18.4. The van der Waals surface area contributed by atoms with Crippen LogP contribution in [0.1, 0.15) is 63.5 Å². The summed E-state index contributed by atoms with van der Waals surface area (Å²) in [7, 11) is 0.